The molecule has 3 atom stereocenters. The molecule has 0 spiro atoms. The molecule has 90 valence electrons. The summed E-state index contributed by atoms with van der Waals surface area (Å²) in [7, 11) is 0. The highest BCUT2D eigenvalue weighted by atomic mass is 32.2. The minimum atomic E-state index is 0.110. The molecule has 2 nitrogen and oxygen atoms in total. The fourth-order valence-electron chi connectivity index (χ4n) is 1.97. The van der Waals surface area contributed by atoms with Crippen LogP contribution in [0.3, 0.4) is 0 Å². The van der Waals surface area contributed by atoms with Gasteiger partial charge >= 0.3 is 0 Å². The molecule has 1 heterocycles. The quantitative estimate of drug-likeness (QED) is 0.786. The van der Waals surface area contributed by atoms with Crippen LogP contribution in [0.4, 0.5) is 0 Å². The lowest BCUT2D eigenvalue weighted by atomic mass is 9.90. The lowest BCUT2D eigenvalue weighted by Gasteiger charge is -2.38. The second kappa shape index (κ2) is 6.12. The summed E-state index contributed by atoms with van der Waals surface area (Å²) < 4.78 is 5.83. The molecule has 3 unspecified atom stereocenters. The van der Waals surface area contributed by atoms with Gasteiger partial charge in [-0.25, -0.2) is 0 Å². The van der Waals surface area contributed by atoms with Crippen LogP contribution in [0.15, 0.2) is 0 Å². The van der Waals surface area contributed by atoms with Crippen molar-refractivity contribution < 1.29 is 4.74 Å². The van der Waals surface area contributed by atoms with E-state index in [1.54, 1.807) is 0 Å². The second-order valence-corrected chi connectivity index (χ2v) is 6.07. The lowest BCUT2D eigenvalue weighted by Crippen LogP contribution is -2.46. The molecular formula is C12H25NOS. The van der Waals surface area contributed by atoms with Crippen LogP contribution in [-0.4, -0.2) is 36.3 Å². The molecule has 1 saturated heterocycles. The molecule has 0 aromatic rings. The topological polar surface area (TPSA) is 21.3 Å². The predicted molar refractivity (Wildman–Crippen MR) is 68.6 cm³/mol. The van der Waals surface area contributed by atoms with E-state index in [1.165, 1.54) is 0 Å². The van der Waals surface area contributed by atoms with Gasteiger partial charge in [-0.3, -0.25) is 0 Å². The number of nitrogens with one attached hydrogen (secondary N) is 1. The third-order valence-electron chi connectivity index (χ3n) is 3.44. The normalized spacial score (nSPS) is 34.0. The van der Waals surface area contributed by atoms with Crippen molar-refractivity contribution in [3.05, 3.63) is 0 Å². The lowest BCUT2D eigenvalue weighted by molar-refractivity contribution is -0.0778. The molecule has 0 aromatic heterocycles. The first-order valence-corrected chi connectivity index (χ1v) is 7.28. The van der Waals surface area contributed by atoms with E-state index in [0.29, 0.717) is 11.3 Å². The van der Waals surface area contributed by atoms with Crippen molar-refractivity contribution in [2.45, 2.75) is 56.9 Å². The minimum Gasteiger partial charge on any atom is -0.375 e. The highest BCUT2D eigenvalue weighted by Crippen LogP contribution is 2.27. The molecule has 1 aliphatic rings. The summed E-state index contributed by atoms with van der Waals surface area (Å²) in [6, 6.07) is 0.651. The molecule has 0 radical (unpaired) electrons. The van der Waals surface area contributed by atoms with Crippen molar-refractivity contribution in [1.82, 2.24) is 5.32 Å². The molecule has 15 heavy (non-hydrogen) atoms. The number of rotatable bonds is 5. The fraction of sp³-hybridized carbons (Fsp3) is 1.00. The van der Waals surface area contributed by atoms with Crippen molar-refractivity contribution in [1.29, 1.82) is 0 Å². The van der Waals surface area contributed by atoms with Crippen LogP contribution in [0, 0.1) is 0 Å². The third kappa shape index (κ3) is 4.33. The summed E-state index contributed by atoms with van der Waals surface area (Å²) in [4.78, 5) is 0. The molecule has 1 fully saturated rings. The first-order chi connectivity index (χ1) is 7.09. The second-order valence-electron chi connectivity index (χ2n) is 4.80. The minimum absolute atomic E-state index is 0.110. The Kier molecular flexibility index (Phi) is 5.44. The van der Waals surface area contributed by atoms with Crippen LogP contribution < -0.4 is 5.32 Å². The SMILES string of the molecule is CCC1(C)CC(NCC(C)SC)CCO1. The zero-order valence-corrected chi connectivity index (χ0v) is 11.3. The molecule has 0 saturated carbocycles. The largest absolute Gasteiger partial charge is 0.375 e. The summed E-state index contributed by atoms with van der Waals surface area (Å²) in [6.45, 7) is 8.75. The Morgan fingerprint density at radius 3 is 2.93 bits per heavy atom. The number of thioether (sulfide) groups is 1. The van der Waals surface area contributed by atoms with Crippen LogP contribution in [0.5, 0.6) is 0 Å². The summed E-state index contributed by atoms with van der Waals surface area (Å²) in [5, 5.41) is 4.37. The van der Waals surface area contributed by atoms with Gasteiger partial charge in [0.25, 0.3) is 0 Å². The Labute approximate surface area is 98.5 Å². The van der Waals surface area contributed by atoms with Crippen LogP contribution in [0.25, 0.3) is 0 Å². The van der Waals surface area contributed by atoms with Gasteiger partial charge in [0.15, 0.2) is 0 Å². The smallest absolute Gasteiger partial charge is 0.0666 e. The Hall–Kier alpha value is 0.270. The van der Waals surface area contributed by atoms with Crippen molar-refractivity contribution in [2.24, 2.45) is 0 Å². The Morgan fingerprint density at radius 2 is 2.33 bits per heavy atom. The molecular weight excluding hydrogens is 206 g/mol. The Balaban J connectivity index is 2.30. The fourth-order valence-corrected chi connectivity index (χ4v) is 2.23. The zero-order valence-electron chi connectivity index (χ0n) is 10.5. The summed E-state index contributed by atoms with van der Waals surface area (Å²) >= 11 is 1.93. The van der Waals surface area contributed by atoms with E-state index < -0.39 is 0 Å². The van der Waals surface area contributed by atoms with E-state index in [4.69, 9.17) is 4.74 Å². The Morgan fingerprint density at radius 1 is 1.60 bits per heavy atom. The van der Waals surface area contributed by atoms with E-state index in [1.807, 2.05) is 11.8 Å². The van der Waals surface area contributed by atoms with Gasteiger partial charge in [0, 0.05) is 24.4 Å². The first-order valence-electron chi connectivity index (χ1n) is 6.00. The first kappa shape index (κ1) is 13.3. The van der Waals surface area contributed by atoms with E-state index >= 15 is 0 Å². The maximum atomic E-state index is 5.83. The highest BCUT2D eigenvalue weighted by molar-refractivity contribution is 7.99. The van der Waals surface area contributed by atoms with Gasteiger partial charge < -0.3 is 10.1 Å². The average Bonchev–Trinajstić information content (AvgIpc) is 2.26. The zero-order chi connectivity index (χ0) is 11.3. The summed E-state index contributed by atoms with van der Waals surface area (Å²) in [6.07, 6.45) is 5.61. The van der Waals surface area contributed by atoms with E-state index in [-0.39, 0.29) is 5.60 Å². The van der Waals surface area contributed by atoms with Crippen molar-refractivity contribution in [3.8, 4) is 0 Å². The standard InChI is InChI=1S/C12H25NOS/c1-5-12(3)8-11(6-7-14-12)13-9-10(2)15-4/h10-11,13H,5-9H2,1-4H3. The molecule has 0 bridgehead atoms. The van der Waals surface area contributed by atoms with Crippen LogP contribution in [-0.2, 0) is 4.74 Å². The number of hydrogen-bond acceptors (Lipinski definition) is 3. The van der Waals surface area contributed by atoms with Gasteiger partial charge in [-0.2, -0.15) is 11.8 Å². The average molecular weight is 231 g/mol. The van der Waals surface area contributed by atoms with E-state index in [0.717, 1.165) is 32.4 Å². The van der Waals surface area contributed by atoms with Crippen molar-refractivity contribution in [3.63, 3.8) is 0 Å². The molecule has 1 N–H and O–H groups in total. The molecule has 1 aliphatic heterocycles. The summed E-state index contributed by atoms with van der Waals surface area (Å²) in [5.41, 5.74) is 0.110. The van der Waals surface area contributed by atoms with Crippen LogP contribution in [0.1, 0.15) is 40.0 Å². The predicted octanol–water partition coefficient (Wildman–Crippen LogP) is 2.68. The van der Waals surface area contributed by atoms with Gasteiger partial charge in [-0.05, 0) is 32.4 Å². The van der Waals surface area contributed by atoms with Gasteiger partial charge in [-0.15, -0.1) is 0 Å². The third-order valence-corrected chi connectivity index (χ3v) is 4.41. The molecule has 3 heteroatoms. The Bertz CT molecular complexity index is 188. The van der Waals surface area contributed by atoms with Gasteiger partial charge in [0.05, 0.1) is 5.60 Å². The number of hydrogen-bond donors (Lipinski definition) is 1. The van der Waals surface area contributed by atoms with Crippen molar-refractivity contribution in [2.75, 3.05) is 19.4 Å². The highest BCUT2D eigenvalue weighted by Gasteiger charge is 2.31. The van der Waals surface area contributed by atoms with Gasteiger partial charge in [0.2, 0.25) is 0 Å². The maximum Gasteiger partial charge on any atom is 0.0666 e. The van der Waals surface area contributed by atoms with Gasteiger partial charge in [0.1, 0.15) is 0 Å². The molecule has 0 amide bonds. The van der Waals surface area contributed by atoms with E-state index in [9.17, 15) is 0 Å². The van der Waals surface area contributed by atoms with Crippen molar-refractivity contribution >= 4 is 11.8 Å². The molecule has 0 aliphatic carbocycles. The van der Waals surface area contributed by atoms with Crippen LogP contribution >= 0.6 is 11.8 Å². The molecule has 1 rings (SSSR count). The monoisotopic (exact) mass is 231 g/mol. The summed E-state index contributed by atoms with van der Waals surface area (Å²) in [5.74, 6) is 0. The maximum absolute atomic E-state index is 5.83. The van der Waals surface area contributed by atoms with E-state index in [2.05, 4.69) is 32.3 Å². The molecule has 0 aromatic carbocycles. The van der Waals surface area contributed by atoms with Gasteiger partial charge in [-0.1, -0.05) is 13.8 Å². The van der Waals surface area contributed by atoms with Crippen LogP contribution in [0.2, 0.25) is 0 Å². The number of ether oxygens (including phenoxy) is 1.